The fourth-order valence-corrected chi connectivity index (χ4v) is 2.37. The Hall–Kier alpha value is -0.0400. The SMILES string of the molecule is CC(C)C[C@@H]1CC[C@@H](O)[C@H](C)C1. The van der Waals surface area contributed by atoms with Gasteiger partial charge in [-0.15, -0.1) is 0 Å². The Morgan fingerprint density at radius 2 is 2.00 bits per heavy atom. The highest BCUT2D eigenvalue weighted by molar-refractivity contribution is 4.77. The van der Waals surface area contributed by atoms with Gasteiger partial charge in [0.25, 0.3) is 0 Å². The molecule has 0 heterocycles. The summed E-state index contributed by atoms with van der Waals surface area (Å²) in [6.07, 6.45) is 4.83. The van der Waals surface area contributed by atoms with Crippen LogP contribution in [0.2, 0.25) is 0 Å². The molecular formula is C11H22O. The van der Waals surface area contributed by atoms with Crippen molar-refractivity contribution in [3.05, 3.63) is 0 Å². The summed E-state index contributed by atoms with van der Waals surface area (Å²) in [5.74, 6) is 2.23. The minimum absolute atomic E-state index is 0.0200. The van der Waals surface area contributed by atoms with Crippen LogP contribution in [0, 0.1) is 17.8 Å². The molecule has 0 unspecified atom stereocenters. The molecule has 1 saturated carbocycles. The van der Waals surface area contributed by atoms with Crippen molar-refractivity contribution in [1.29, 1.82) is 0 Å². The van der Waals surface area contributed by atoms with Gasteiger partial charge in [0, 0.05) is 0 Å². The second-order valence-electron chi connectivity index (χ2n) is 4.85. The van der Waals surface area contributed by atoms with Crippen LogP contribution in [0.5, 0.6) is 0 Å². The van der Waals surface area contributed by atoms with Crippen LogP contribution in [0.25, 0.3) is 0 Å². The van der Waals surface area contributed by atoms with Gasteiger partial charge in [0.2, 0.25) is 0 Å². The van der Waals surface area contributed by atoms with Gasteiger partial charge < -0.3 is 5.11 Å². The number of rotatable bonds is 2. The smallest absolute Gasteiger partial charge is 0.0566 e. The van der Waals surface area contributed by atoms with Gasteiger partial charge in [-0.2, -0.15) is 0 Å². The van der Waals surface area contributed by atoms with E-state index in [9.17, 15) is 5.11 Å². The zero-order valence-corrected chi connectivity index (χ0v) is 8.59. The third-order valence-corrected chi connectivity index (χ3v) is 3.04. The molecular weight excluding hydrogens is 148 g/mol. The van der Waals surface area contributed by atoms with Crippen LogP contribution >= 0.6 is 0 Å². The molecule has 0 saturated heterocycles. The molecule has 0 bridgehead atoms. The van der Waals surface area contributed by atoms with Crippen LogP contribution in [0.4, 0.5) is 0 Å². The minimum Gasteiger partial charge on any atom is -0.393 e. The van der Waals surface area contributed by atoms with Gasteiger partial charge in [0.05, 0.1) is 6.10 Å². The highest BCUT2D eigenvalue weighted by Crippen LogP contribution is 2.32. The van der Waals surface area contributed by atoms with Crippen LogP contribution in [0.1, 0.15) is 46.5 Å². The molecule has 0 spiro atoms. The third-order valence-electron chi connectivity index (χ3n) is 3.04. The second-order valence-corrected chi connectivity index (χ2v) is 4.85. The predicted molar refractivity (Wildman–Crippen MR) is 52.0 cm³/mol. The molecule has 0 aromatic rings. The molecule has 1 aliphatic carbocycles. The van der Waals surface area contributed by atoms with Crippen LogP contribution in [0.15, 0.2) is 0 Å². The molecule has 1 heteroatoms. The van der Waals surface area contributed by atoms with Gasteiger partial charge in [-0.1, -0.05) is 20.8 Å². The Labute approximate surface area is 76.2 Å². The van der Waals surface area contributed by atoms with Crippen molar-refractivity contribution in [3.8, 4) is 0 Å². The fraction of sp³-hybridized carbons (Fsp3) is 1.00. The lowest BCUT2D eigenvalue weighted by atomic mass is 9.77. The molecule has 1 N–H and O–H groups in total. The summed E-state index contributed by atoms with van der Waals surface area (Å²) < 4.78 is 0. The van der Waals surface area contributed by atoms with E-state index in [1.165, 1.54) is 19.3 Å². The van der Waals surface area contributed by atoms with Gasteiger partial charge in [-0.25, -0.2) is 0 Å². The summed E-state index contributed by atoms with van der Waals surface area (Å²) in [5, 5.41) is 9.53. The maximum Gasteiger partial charge on any atom is 0.0566 e. The van der Waals surface area contributed by atoms with E-state index in [1.807, 2.05) is 0 Å². The zero-order valence-electron chi connectivity index (χ0n) is 8.59. The topological polar surface area (TPSA) is 20.2 Å². The van der Waals surface area contributed by atoms with E-state index in [-0.39, 0.29) is 6.10 Å². The molecule has 1 aliphatic rings. The number of aliphatic hydroxyl groups is 1. The van der Waals surface area contributed by atoms with Gasteiger partial charge >= 0.3 is 0 Å². The molecule has 12 heavy (non-hydrogen) atoms. The lowest BCUT2D eigenvalue weighted by Gasteiger charge is -2.31. The average Bonchev–Trinajstić information content (AvgIpc) is 1.96. The molecule has 0 aliphatic heterocycles. The first-order chi connectivity index (χ1) is 5.59. The van der Waals surface area contributed by atoms with Crippen LogP contribution in [0.3, 0.4) is 0 Å². The lowest BCUT2D eigenvalue weighted by molar-refractivity contribution is 0.0526. The van der Waals surface area contributed by atoms with Gasteiger partial charge in [-0.3, -0.25) is 0 Å². The molecule has 1 rings (SSSR count). The van der Waals surface area contributed by atoms with Crippen molar-refractivity contribution in [2.24, 2.45) is 17.8 Å². The van der Waals surface area contributed by atoms with Crippen LogP contribution in [-0.2, 0) is 0 Å². The predicted octanol–water partition coefficient (Wildman–Crippen LogP) is 2.83. The number of hydrogen-bond donors (Lipinski definition) is 1. The van der Waals surface area contributed by atoms with Crippen LogP contribution in [-0.4, -0.2) is 11.2 Å². The Balaban J connectivity index is 2.30. The Kier molecular flexibility index (Phi) is 3.57. The Morgan fingerprint density at radius 1 is 1.33 bits per heavy atom. The van der Waals surface area contributed by atoms with E-state index in [0.29, 0.717) is 5.92 Å². The first-order valence-electron chi connectivity index (χ1n) is 5.27. The second kappa shape index (κ2) is 4.27. The van der Waals surface area contributed by atoms with Gasteiger partial charge in [0.15, 0.2) is 0 Å². The van der Waals surface area contributed by atoms with Crippen molar-refractivity contribution < 1.29 is 5.11 Å². The minimum atomic E-state index is -0.0200. The Morgan fingerprint density at radius 3 is 2.50 bits per heavy atom. The van der Waals surface area contributed by atoms with E-state index in [0.717, 1.165) is 18.3 Å². The van der Waals surface area contributed by atoms with E-state index < -0.39 is 0 Å². The van der Waals surface area contributed by atoms with E-state index in [1.54, 1.807) is 0 Å². The van der Waals surface area contributed by atoms with Crippen LogP contribution < -0.4 is 0 Å². The first-order valence-corrected chi connectivity index (χ1v) is 5.27. The standard InChI is InChI=1S/C11H22O/c1-8(2)6-10-4-5-11(12)9(3)7-10/h8-12H,4-7H2,1-3H3/t9-,10+,11-/m1/s1. The Bertz CT molecular complexity index is 131. The average molecular weight is 170 g/mol. The molecule has 72 valence electrons. The largest absolute Gasteiger partial charge is 0.393 e. The summed E-state index contributed by atoms with van der Waals surface area (Å²) in [6, 6.07) is 0. The van der Waals surface area contributed by atoms with Crippen molar-refractivity contribution >= 4 is 0 Å². The summed E-state index contributed by atoms with van der Waals surface area (Å²) in [6.45, 7) is 6.75. The highest BCUT2D eigenvalue weighted by Gasteiger charge is 2.25. The van der Waals surface area contributed by atoms with Gasteiger partial charge in [0.1, 0.15) is 0 Å². The molecule has 1 nitrogen and oxygen atoms in total. The van der Waals surface area contributed by atoms with Crippen molar-refractivity contribution in [3.63, 3.8) is 0 Å². The molecule has 0 radical (unpaired) electrons. The molecule has 3 atom stereocenters. The normalized spacial score (nSPS) is 37.2. The summed E-state index contributed by atoms with van der Waals surface area (Å²) >= 11 is 0. The van der Waals surface area contributed by atoms with Crippen molar-refractivity contribution in [2.45, 2.75) is 52.6 Å². The van der Waals surface area contributed by atoms with E-state index >= 15 is 0 Å². The molecule has 0 aromatic carbocycles. The monoisotopic (exact) mass is 170 g/mol. The molecule has 0 aromatic heterocycles. The number of hydrogen-bond acceptors (Lipinski definition) is 1. The summed E-state index contributed by atoms with van der Waals surface area (Å²) in [4.78, 5) is 0. The fourth-order valence-electron chi connectivity index (χ4n) is 2.37. The quantitative estimate of drug-likeness (QED) is 0.675. The van der Waals surface area contributed by atoms with E-state index in [2.05, 4.69) is 20.8 Å². The maximum absolute atomic E-state index is 9.53. The van der Waals surface area contributed by atoms with Crippen molar-refractivity contribution in [2.75, 3.05) is 0 Å². The molecule has 0 amide bonds. The van der Waals surface area contributed by atoms with E-state index in [4.69, 9.17) is 0 Å². The van der Waals surface area contributed by atoms with Gasteiger partial charge in [-0.05, 0) is 43.4 Å². The first kappa shape index (κ1) is 10.0. The maximum atomic E-state index is 9.53. The third kappa shape index (κ3) is 2.78. The van der Waals surface area contributed by atoms with Crippen molar-refractivity contribution in [1.82, 2.24) is 0 Å². The summed E-state index contributed by atoms with van der Waals surface area (Å²) in [5.41, 5.74) is 0. The molecule has 1 fully saturated rings. The summed E-state index contributed by atoms with van der Waals surface area (Å²) in [7, 11) is 0. The zero-order chi connectivity index (χ0) is 9.14. The number of aliphatic hydroxyl groups excluding tert-OH is 1. The lowest BCUT2D eigenvalue weighted by Crippen LogP contribution is -2.27. The highest BCUT2D eigenvalue weighted by atomic mass is 16.3.